The zero-order chi connectivity index (χ0) is 18.9. The van der Waals surface area contributed by atoms with Gasteiger partial charge < -0.3 is 10.1 Å². The molecule has 0 saturated heterocycles. The highest BCUT2D eigenvalue weighted by atomic mass is 32.1. The van der Waals surface area contributed by atoms with Gasteiger partial charge in [-0.15, -0.1) is 0 Å². The molecule has 7 heteroatoms. The maximum absolute atomic E-state index is 12.1. The Kier molecular flexibility index (Phi) is 7.84. The molecule has 0 heterocycles. The minimum Gasteiger partial charge on any atom is -0.493 e. The summed E-state index contributed by atoms with van der Waals surface area (Å²) in [6.45, 7) is 4.77. The first-order chi connectivity index (χ1) is 12.4. The second-order valence-electron chi connectivity index (χ2n) is 7.04. The van der Waals surface area contributed by atoms with Crippen LogP contribution in [-0.2, 0) is 4.79 Å². The van der Waals surface area contributed by atoms with Crippen molar-refractivity contribution in [2.75, 3.05) is 6.61 Å². The van der Waals surface area contributed by atoms with Crippen LogP contribution in [0.3, 0.4) is 0 Å². The Labute approximate surface area is 160 Å². The van der Waals surface area contributed by atoms with Crippen LogP contribution < -0.4 is 20.9 Å². The van der Waals surface area contributed by atoms with E-state index in [0.29, 0.717) is 30.4 Å². The van der Waals surface area contributed by atoms with Crippen molar-refractivity contribution in [2.45, 2.75) is 46.0 Å². The van der Waals surface area contributed by atoms with E-state index >= 15 is 0 Å². The van der Waals surface area contributed by atoms with E-state index in [2.05, 4.69) is 30.0 Å². The lowest BCUT2D eigenvalue weighted by Crippen LogP contribution is -2.48. The lowest BCUT2D eigenvalue weighted by molar-refractivity contribution is -0.120. The molecule has 6 nitrogen and oxygen atoms in total. The number of benzene rings is 1. The molecule has 2 rings (SSSR count). The number of carbonyl (C=O) groups excluding carboxylic acids is 2. The van der Waals surface area contributed by atoms with Gasteiger partial charge in [-0.2, -0.15) is 0 Å². The van der Waals surface area contributed by atoms with Crippen LogP contribution in [-0.4, -0.2) is 23.5 Å². The molecule has 0 atom stereocenters. The van der Waals surface area contributed by atoms with Crippen molar-refractivity contribution in [1.82, 2.24) is 16.2 Å². The summed E-state index contributed by atoms with van der Waals surface area (Å²) < 4.78 is 5.58. The first-order valence-corrected chi connectivity index (χ1v) is 9.48. The molecule has 0 unspecified atom stereocenters. The molecule has 142 valence electrons. The summed E-state index contributed by atoms with van der Waals surface area (Å²) in [5, 5.41) is 2.69. The van der Waals surface area contributed by atoms with Gasteiger partial charge in [-0.3, -0.25) is 20.4 Å². The summed E-state index contributed by atoms with van der Waals surface area (Å²) >= 11 is 5.04. The van der Waals surface area contributed by atoms with Crippen molar-refractivity contribution in [2.24, 2.45) is 11.8 Å². The Morgan fingerprint density at radius 2 is 1.81 bits per heavy atom. The van der Waals surface area contributed by atoms with E-state index in [1.807, 2.05) is 0 Å². The van der Waals surface area contributed by atoms with Crippen LogP contribution in [0.15, 0.2) is 24.3 Å². The number of hydrazine groups is 1. The first kappa shape index (κ1) is 20.2. The molecule has 0 spiro atoms. The van der Waals surface area contributed by atoms with E-state index in [9.17, 15) is 9.59 Å². The molecule has 3 N–H and O–H groups in total. The van der Waals surface area contributed by atoms with Gasteiger partial charge in [0.15, 0.2) is 5.11 Å². The monoisotopic (exact) mass is 377 g/mol. The fourth-order valence-corrected chi connectivity index (χ4v) is 3.00. The Morgan fingerprint density at radius 1 is 1.15 bits per heavy atom. The molecule has 26 heavy (non-hydrogen) atoms. The molecule has 0 radical (unpaired) electrons. The standard InChI is InChI=1S/C19H27N3O3S/c1-13(2)12-25-16-9-7-15(8-10-16)18(24)21-22-19(26)20-17(23)11-14-5-3-4-6-14/h7-10,13-14H,3-6,11-12H2,1-2H3,(H,21,24)(H2,20,22,23,26). The van der Waals surface area contributed by atoms with Crippen molar-refractivity contribution in [3.63, 3.8) is 0 Å². The second-order valence-corrected chi connectivity index (χ2v) is 7.45. The van der Waals surface area contributed by atoms with Crippen LogP contribution >= 0.6 is 12.2 Å². The lowest BCUT2D eigenvalue weighted by Gasteiger charge is -2.13. The number of nitrogens with one attached hydrogen (secondary N) is 3. The minimum absolute atomic E-state index is 0.0956. The Morgan fingerprint density at radius 3 is 2.42 bits per heavy atom. The Bertz CT molecular complexity index is 625. The van der Waals surface area contributed by atoms with E-state index in [4.69, 9.17) is 17.0 Å². The molecule has 1 aromatic carbocycles. The highest BCUT2D eigenvalue weighted by Crippen LogP contribution is 2.27. The second kappa shape index (κ2) is 10.1. The summed E-state index contributed by atoms with van der Waals surface area (Å²) in [7, 11) is 0. The largest absolute Gasteiger partial charge is 0.493 e. The molecule has 0 bridgehead atoms. The van der Waals surface area contributed by atoms with Gasteiger partial charge in [0.2, 0.25) is 5.91 Å². The van der Waals surface area contributed by atoms with Crippen LogP contribution in [0.1, 0.15) is 56.3 Å². The molecule has 1 aliphatic rings. The molecule has 2 amide bonds. The predicted molar refractivity (Wildman–Crippen MR) is 105 cm³/mol. The first-order valence-electron chi connectivity index (χ1n) is 9.07. The summed E-state index contributed by atoms with van der Waals surface area (Å²) in [4.78, 5) is 24.0. The molecular formula is C19H27N3O3S. The van der Waals surface area contributed by atoms with Crippen LogP contribution in [0.25, 0.3) is 0 Å². The van der Waals surface area contributed by atoms with Crippen LogP contribution in [0.2, 0.25) is 0 Å². The van der Waals surface area contributed by atoms with Gasteiger partial charge in [0.1, 0.15) is 5.75 Å². The van der Waals surface area contributed by atoms with Gasteiger partial charge in [0.25, 0.3) is 5.91 Å². The van der Waals surface area contributed by atoms with E-state index < -0.39 is 0 Å². The van der Waals surface area contributed by atoms with Crippen LogP contribution in [0.5, 0.6) is 5.75 Å². The third-order valence-corrected chi connectivity index (χ3v) is 4.40. The predicted octanol–water partition coefficient (Wildman–Crippen LogP) is 2.94. The van der Waals surface area contributed by atoms with E-state index in [1.165, 1.54) is 12.8 Å². The average Bonchev–Trinajstić information content (AvgIpc) is 3.11. The highest BCUT2D eigenvalue weighted by Gasteiger charge is 2.19. The molecular weight excluding hydrogens is 350 g/mol. The fourth-order valence-electron chi connectivity index (χ4n) is 2.84. The number of carbonyl (C=O) groups is 2. The maximum atomic E-state index is 12.1. The van der Waals surface area contributed by atoms with Gasteiger partial charge >= 0.3 is 0 Å². The number of hydrogen-bond acceptors (Lipinski definition) is 4. The molecule has 0 aromatic heterocycles. The Hall–Kier alpha value is -2.15. The lowest BCUT2D eigenvalue weighted by atomic mass is 10.0. The van der Waals surface area contributed by atoms with Crippen molar-refractivity contribution >= 4 is 29.1 Å². The van der Waals surface area contributed by atoms with Gasteiger partial charge in [-0.1, -0.05) is 26.7 Å². The molecule has 1 fully saturated rings. The number of amides is 2. The van der Waals surface area contributed by atoms with E-state index in [-0.39, 0.29) is 16.9 Å². The van der Waals surface area contributed by atoms with Crippen molar-refractivity contribution in [3.05, 3.63) is 29.8 Å². The summed E-state index contributed by atoms with van der Waals surface area (Å²) in [5.41, 5.74) is 5.51. The average molecular weight is 378 g/mol. The minimum atomic E-state index is -0.340. The summed E-state index contributed by atoms with van der Waals surface area (Å²) in [5.74, 6) is 1.15. The van der Waals surface area contributed by atoms with Gasteiger partial charge in [0.05, 0.1) is 6.61 Å². The topological polar surface area (TPSA) is 79.5 Å². The van der Waals surface area contributed by atoms with Crippen molar-refractivity contribution < 1.29 is 14.3 Å². The van der Waals surface area contributed by atoms with Crippen molar-refractivity contribution in [3.8, 4) is 5.75 Å². The van der Waals surface area contributed by atoms with E-state index in [1.54, 1.807) is 24.3 Å². The third kappa shape index (κ3) is 7.00. The van der Waals surface area contributed by atoms with E-state index in [0.717, 1.165) is 18.6 Å². The highest BCUT2D eigenvalue weighted by molar-refractivity contribution is 7.80. The summed E-state index contributed by atoms with van der Waals surface area (Å²) in [6.07, 6.45) is 5.06. The fraction of sp³-hybridized carbons (Fsp3) is 0.526. The molecule has 1 aliphatic carbocycles. The summed E-state index contributed by atoms with van der Waals surface area (Å²) in [6, 6.07) is 6.85. The van der Waals surface area contributed by atoms with Crippen LogP contribution in [0, 0.1) is 11.8 Å². The normalized spacial score (nSPS) is 14.1. The molecule has 1 saturated carbocycles. The van der Waals surface area contributed by atoms with Gasteiger partial charge in [-0.05, 0) is 61.2 Å². The van der Waals surface area contributed by atoms with Crippen LogP contribution in [0.4, 0.5) is 0 Å². The number of thiocarbonyl (C=S) groups is 1. The quantitative estimate of drug-likeness (QED) is 0.525. The maximum Gasteiger partial charge on any atom is 0.269 e. The zero-order valence-electron chi connectivity index (χ0n) is 15.3. The van der Waals surface area contributed by atoms with Crippen molar-refractivity contribution in [1.29, 1.82) is 0 Å². The van der Waals surface area contributed by atoms with Gasteiger partial charge in [-0.25, -0.2) is 0 Å². The smallest absolute Gasteiger partial charge is 0.269 e. The third-order valence-electron chi connectivity index (χ3n) is 4.19. The number of hydrogen-bond donors (Lipinski definition) is 3. The molecule has 0 aliphatic heterocycles. The number of rotatable bonds is 6. The zero-order valence-corrected chi connectivity index (χ0v) is 16.2. The number of ether oxygens (including phenoxy) is 1. The van der Waals surface area contributed by atoms with Gasteiger partial charge in [0, 0.05) is 12.0 Å². The Balaban J connectivity index is 1.71. The SMILES string of the molecule is CC(C)COc1ccc(C(=O)NNC(=S)NC(=O)CC2CCCC2)cc1. The molecule has 1 aromatic rings.